The first kappa shape index (κ1) is 12.5. The molecule has 8 nitrogen and oxygen atoms in total. The smallest absolute Gasteiger partial charge is 0.258 e. The van der Waals surface area contributed by atoms with E-state index in [-0.39, 0.29) is 0 Å². The number of hydrazine groups is 2. The number of hydrazone groups is 1. The fourth-order valence-corrected chi connectivity index (χ4v) is 2.09. The van der Waals surface area contributed by atoms with Crippen molar-refractivity contribution in [3.8, 4) is 22.8 Å². The number of hydrogen-bond acceptors (Lipinski definition) is 8. The molecule has 0 saturated carbocycles. The summed E-state index contributed by atoms with van der Waals surface area (Å²) in [6, 6.07) is 11.4. The van der Waals surface area contributed by atoms with Gasteiger partial charge in [-0.1, -0.05) is 17.3 Å². The number of nitrogens with zero attached hydrogens (tertiary/aromatic N) is 4. The molecule has 1 aromatic carbocycles. The second kappa shape index (κ2) is 5.26. The Bertz CT molecular complexity index is 828. The van der Waals surface area contributed by atoms with Crippen LogP contribution in [0.15, 0.2) is 58.4 Å². The van der Waals surface area contributed by atoms with Gasteiger partial charge in [-0.3, -0.25) is 10.4 Å². The molecule has 0 atom stereocenters. The average Bonchev–Trinajstić information content (AvgIpc) is 3.28. The van der Waals surface area contributed by atoms with E-state index in [0.717, 1.165) is 16.7 Å². The molecule has 0 unspecified atom stereocenters. The molecule has 3 heterocycles. The first-order valence-corrected chi connectivity index (χ1v) is 6.59. The van der Waals surface area contributed by atoms with Crippen LogP contribution in [0.25, 0.3) is 22.8 Å². The molecule has 0 amide bonds. The third-order valence-electron chi connectivity index (χ3n) is 3.13. The van der Waals surface area contributed by atoms with E-state index < -0.39 is 0 Å². The molecule has 108 valence electrons. The zero-order valence-electron chi connectivity index (χ0n) is 11.3. The molecular weight excluding hydrogens is 282 g/mol. The van der Waals surface area contributed by atoms with Crippen LogP contribution in [0.1, 0.15) is 5.56 Å². The number of amidine groups is 1. The predicted octanol–water partition coefficient (Wildman–Crippen LogP) is 1.07. The Kier molecular flexibility index (Phi) is 2.98. The van der Waals surface area contributed by atoms with Gasteiger partial charge in [-0.05, 0) is 24.3 Å². The summed E-state index contributed by atoms with van der Waals surface area (Å²) in [5.41, 5.74) is 10.7. The maximum absolute atomic E-state index is 5.34. The molecule has 3 aromatic rings. The van der Waals surface area contributed by atoms with Crippen molar-refractivity contribution < 1.29 is 4.52 Å². The molecule has 3 N–H and O–H groups in total. The monoisotopic (exact) mass is 293 g/mol. The van der Waals surface area contributed by atoms with Crippen LogP contribution in [0, 0.1) is 0 Å². The highest BCUT2D eigenvalue weighted by atomic mass is 16.5. The van der Waals surface area contributed by atoms with Crippen LogP contribution in [0.5, 0.6) is 0 Å². The normalized spacial score (nSPS) is 13.4. The SMILES string of the molecule is c1cncc(-c2noc(-c3cccc(C4=NNNN4)c3)n2)c1. The van der Waals surface area contributed by atoms with E-state index >= 15 is 0 Å². The van der Waals surface area contributed by atoms with Gasteiger partial charge in [0.15, 0.2) is 5.84 Å². The first-order valence-electron chi connectivity index (χ1n) is 6.59. The maximum Gasteiger partial charge on any atom is 0.258 e. The standard InChI is InChI=1S/C14H11N7O/c1-3-9(13-17-20-21-18-13)7-10(4-1)14-16-12(19-22-14)11-5-2-6-15-8-11/h1-8,20-21H,(H,17,18). The number of benzene rings is 1. The number of hydrogen-bond donors (Lipinski definition) is 3. The minimum atomic E-state index is 0.445. The van der Waals surface area contributed by atoms with Crippen LogP contribution in [0.3, 0.4) is 0 Å². The summed E-state index contributed by atoms with van der Waals surface area (Å²) >= 11 is 0. The highest BCUT2D eigenvalue weighted by Gasteiger charge is 2.13. The van der Waals surface area contributed by atoms with E-state index in [1.54, 1.807) is 12.4 Å². The van der Waals surface area contributed by atoms with Gasteiger partial charge in [-0.25, -0.2) is 5.53 Å². The largest absolute Gasteiger partial charge is 0.334 e. The van der Waals surface area contributed by atoms with Crippen molar-refractivity contribution in [3.05, 3.63) is 54.4 Å². The zero-order valence-corrected chi connectivity index (χ0v) is 11.3. The van der Waals surface area contributed by atoms with E-state index in [2.05, 4.69) is 36.7 Å². The average molecular weight is 293 g/mol. The Hall–Kier alpha value is -3.26. The van der Waals surface area contributed by atoms with Gasteiger partial charge < -0.3 is 4.52 Å². The molecule has 0 fully saturated rings. The molecule has 0 spiro atoms. The summed E-state index contributed by atoms with van der Waals surface area (Å²) < 4.78 is 5.34. The fourth-order valence-electron chi connectivity index (χ4n) is 2.09. The van der Waals surface area contributed by atoms with E-state index in [0.29, 0.717) is 17.6 Å². The predicted molar refractivity (Wildman–Crippen MR) is 78.9 cm³/mol. The molecule has 0 bridgehead atoms. The number of nitrogens with one attached hydrogen (secondary N) is 3. The number of rotatable bonds is 3. The Morgan fingerprint density at radius 2 is 1.91 bits per heavy atom. The Labute approximate surface area is 125 Å². The van der Waals surface area contributed by atoms with Crippen LogP contribution in [-0.2, 0) is 0 Å². The zero-order chi connectivity index (χ0) is 14.8. The molecule has 0 saturated heterocycles. The Morgan fingerprint density at radius 1 is 1.00 bits per heavy atom. The van der Waals surface area contributed by atoms with E-state index in [9.17, 15) is 0 Å². The summed E-state index contributed by atoms with van der Waals surface area (Å²) in [5, 5.41) is 8.06. The summed E-state index contributed by atoms with van der Waals surface area (Å²) in [7, 11) is 0. The van der Waals surface area contributed by atoms with Gasteiger partial charge in [0.25, 0.3) is 5.89 Å². The maximum atomic E-state index is 5.34. The summed E-state index contributed by atoms with van der Waals surface area (Å²) in [4.78, 5) is 8.46. The number of pyridine rings is 1. The van der Waals surface area contributed by atoms with Crippen LogP contribution in [-0.4, -0.2) is 21.0 Å². The van der Waals surface area contributed by atoms with Gasteiger partial charge >= 0.3 is 0 Å². The van der Waals surface area contributed by atoms with Crippen molar-refractivity contribution in [2.24, 2.45) is 5.10 Å². The molecule has 0 radical (unpaired) electrons. The lowest BCUT2D eigenvalue weighted by Gasteiger charge is -2.01. The van der Waals surface area contributed by atoms with Crippen molar-refractivity contribution in [2.75, 3.05) is 0 Å². The van der Waals surface area contributed by atoms with Crippen molar-refractivity contribution in [1.82, 2.24) is 31.6 Å². The van der Waals surface area contributed by atoms with E-state index in [4.69, 9.17) is 4.52 Å². The van der Waals surface area contributed by atoms with Crippen molar-refractivity contribution in [2.45, 2.75) is 0 Å². The lowest BCUT2D eigenvalue weighted by Crippen LogP contribution is -2.35. The van der Waals surface area contributed by atoms with Crippen molar-refractivity contribution >= 4 is 5.84 Å². The second-order valence-electron chi connectivity index (χ2n) is 4.57. The lowest BCUT2D eigenvalue weighted by molar-refractivity contribution is 0.432. The highest BCUT2D eigenvalue weighted by molar-refractivity contribution is 5.99. The quantitative estimate of drug-likeness (QED) is 0.664. The van der Waals surface area contributed by atoms with Crippen LogP contribution >= 0.6 is 0 Å². The minimum absolute atomic E-state index is 0.445. The Balaban J connectivity index is 1.68. The molecule has 22 heavy (non-hydrogen) atoms. The first-order chi connectivity index (χ1) is 10.9. The summed E-state index contributed by atoms with van der Waals surface area (Å²) in [5.74, 6) is 1.64. The van der Waals surface area contributed by atoms with Gasteiger partial charge in [0.05, 0.1) is 0 Å². The molecule has 1 aliphatic rings. The topological polar surface area (TPSA) is 100 Å². The fraction of sp³-hybridized carbons (Fsp3) is 0. The summed E-state index contributed by atoms with van der Waals surface area (Å²) in [6.07, 6.45) is 3.39. The molecule has 4 rings (SSSR count). The molecule has 8 heteroatoms. The molecule has 0 aliphatic carbocycles. The van der Waals surface area contributed by atoms with Gasteiger partial charge in [0.2, 0.25) is 5.82 Å². The number of aromatic nitrogens is 3. The summed E-state index contributed by atoms with van der Waals surface area (Å²) in [6.45, 7) is 0. The third-order valence-corrected chi connectivity index (χ3v) is 3.13. The van der Waals surface area contributed by atoms with E-state index in [1.165, 1.54) is 0 Å². The van der Waals surface area contributed by atoms with Crippen LogP contribution < -0.4 is 16.5 Å². The lowest BCUT2D eigenvalue weighted by atomic mass is 10.1. The van der Waals surface area contributed by atoms with Crippen LogP contribution in [0.4, 0.5) is 0 Å². The third kappa shape index (κ3) is 2.27. The molecular formula is C14H11N7O. The van der Waals surface area contributed by atoms with Gasteiger partial charge in [0, 0.05) is 29.1 Å². The molecule has 1 aliphatic heterocycles. The van der Waals surface area contributed by atoms with Crippen molar-refractivity contribution in [3.63, 3.8) is 0 Å². The highest BCUT2D eigenvalue weighted by Crippen LogP contribution is 2.22. The molecule has 2 aromatic heterocycles. The van der Waals surface area contributed by atoms with Crippen molar-refractivity contribution in [1.29, 1.82) is 0 Å². The minimum Gasteiger partial charge on any atom is -0.334 e. The van der Waals surface area contributed by atoms with Gasteiger partial charge in [-0.2, -0.15) is 4.98 Å². The second-order valence-corrected chi connectivity index (χ2v) is 4.57. The van der Waals surface area contributed by atoms with Gasteiger partial charge in [0.1, 0.15) is 0 Å². The Morgan fingerprint density at radius 3 is 2.73 bits per heavy atom. The van der Waals surface area contributed by atoms with Crippen LogP contribution in [0.2, 0.25) is 0 Å². The van der Waals surface area contributed by atoms with E-state index in [1.807, 2.05) is 36.4 Å². The van der Waals surface area contributed by atoms with Gasteiger partial charge in [-0.15, -0.1) is 10.6 Å².